The van der Waals surface area contributed by atoms with E-state index in [4.69, 9.17) is 0 Å². The van der Waals surface area contributed by atoms with E-state index in [1.165, 1.54) is 0 Å². The lowest BCUT2D eigenvalue weighted by Crippen LogP contribution is -2.45. The zero-order valence-electron chi connectivity index (χ0n) is 11.8. The molecule has 118 valence electrons. The number of rotatable bonds is 7. The minimum atomic E-state index is -4.33. The van der Waals surface area contributed by atoms with Gasteiger partial charge in [-0.3, -0.25) is 4.79 Å². The van der Waals surface area contributed by atoms with E-state index in [9.17, 15) is 18.0 Å². The molecule has 1 amide bonds. The van der Waals surface area contributed by atoms with Gasteiger partial charge in [0.2, 0.25) is 5.91 Å². The van der Waals surface area contributed by atoms with Gasteiger partial charge in [0.15, 0.2) is 0 Å². The molecular formula is C13H23F3N2O2. The molecular weight excluding hydrogens is 273 g/mol. The molecule has 0 radical (unpaired) electrons. The number of halogens is 3. The Labute approximate surface area is 117 Å². The maximum Gasteiger partial charge on any atom is 0.411 e. The molecule has 1 aliphatic rings. The van der Waals surface area contributed by atoms with Crippen molar-refractivity contribution in [1.82, 2.24) is 10.2 Å². The van der Waals surface area contributed by atoms with Gasteiger partial charge in [0.25, 0.3) is 0 Å². The summed E-state index contributed by atoms with van der Waals surface area (Å²) in [5, 5.41) is 3.41. The van der Waals surface area contributed by atoms with Gasteiger partial charge in [0.05, 0.1) is 13.0 Å². The van der Waals surface area contributed by atoms with Crippen LogP contribution < -0.4 is 5.32 Å². The van der Waals surface area contributed by atoms with E-state index in [0.717, 1.165) is 25.8 Å². The number of carbonyl (C=O) groups excluding carboxylic acids is 1. The van der Waals surface area contributed by atoms with E-state index in [1.54, 1.807) is 4.90 Å². The molecule has 1 saturated heterocycles. The lowest BCUT2D eigenvalue weighted by Gasteiger charge is -2.32. The third-order valence-electron chi connectivity index (χ3n) is 3.26. The van der Waals surface area contributed by atoms with Crippen molar-refractivity contribution in [3.05, 3.63) is 0 Å². The van der Waals surface area contributed by atoms with E-state index in [2.05, 4.69) is 17.0 Å². The van der Waals surface area contributed by atoms with Gasteiger partial charge in [-0.2, -0.15) is 13.2 Å². The lowest BCUT2D eigenvalue weighted by molar-refractivity contribution is -0.175. The maximum atomic E-state index is 11.9. The number of carbonyl (C=O) groups is 1. The monoisotopic (exact) mass is 296 g/mol. The third-order valence-corrected chi connectivity index (χ3v) is 3.26. The first-order chi connectivity index (χ1) is 9.42. The topological polar surface area (TPSA) is 41.6 Å². The van der Waals surface area contributed by atoms with Crippen molar-refractivity contribution in [1.29, 1.82) is 0 Å². The Morgan fingerprint density at radius 2 is 2.00 bits per heavy atom. The van der Waals surface area contributed by atoms with E-state index < -0.39 is 12.8 Å². The molecule has 7 heteroatoms. The van der Waals surface area contributed by atoms with Gasteiger partial charge in [-0.05, 0) is 25.8 Å². The summed E-state index contributed by atoms with van der Waals surface area (Å²) >= 11 is 0. The summed E-state index contributed by atoms with van der Waals surface area (Å²) in [5.74, 6) is -0.124. The smallest absolute Gasteiger partial charge is 0.372 e. The molecule has 1 fully saturated rings. The van der Waals surface area contributed by atoms with Crippen molar-refractivity contribution >= 4 is 5.91 Å². The molecule has 1 N–H and O–H groups in total. The first kappa shape index (κ1) is 17.2. The summed E-state index contributed by atoms with van der Waals surface area (Å²) in [5.41, 5.74) is 0. The van der Waals surface area contributed by atoms with Crippen molar-refractivity contribution in [2.24, 2.45) is 0 Å². The van der Waals surface area contributed by atoms with Gasteiger partial charge in [-0.15, -0.1) is 0 Å². The average molecular weight is 296 g/mol. The summed E-state index contributed by atoms with van der Waals surface area (Å²) in [6.07, 6.45) is -1.44. The highest BCUT2D eigenvalue weighted by atomic mass is 19.4. The minimum absolute atomic E-state index is 0.0170. The van der Waals surface area contributed by atoms with Crippen LogP contribution in [0, 0.1) is 0 Å². The second kappa shape index (κ2) is 8.46. The molecule has 0 saturated carbocycles. The lowest BCUT2D eigenvalue weighted by atomic mass is 10.0. The highest BCUT2D eigenvalue weighted by Crippen LogP contribution is 2.15. The zero-order valence-corrected chi connectivity index (χ0v) is 11.8. The van der Waals surface area contributed by atoms with Crippen LogP contribution in [0.2, 0.25) is 0 Å². The molecule has 0 aromatic carbocycles. The first-order valence-corrected chi connectivity index (χ1v) is 7.08. The summed E-state index contributed by atoms with van der Waals surface area (Å²) in [6, 6.07) is 0.445. The molecule has 0 bridgehead atoms. The van der Waals surface area contributed by atoms with Crippen LogP contribution in [0.25, 0.3) is 0 Å². The molecule has 0 spiro atoms. The number of alkyl halides is 3. The number of ether oxygens (including phenoxy) is 1. The van der Waals surface area contributed by atoms with Crippen LogP contribution in [-0.2, 0) is 9.53 Å². The standard InChI is InChI=1S/C13H23F3N2O2/c1-2-6-17-11-3-7-18(8-4-11)12(19)5-9-20-10-13(14,15)16/h11,17H,2-10H2,1H3. The van der Waals surface area contributed by atoms with Crippen LogP contribution in [0.4, 0.5) is 13.2 Å². The summed E-state index contributed by atoms with van der Waals surface area (Å²) in [7, 11) is 0. The number of hydrogen-bond donors (Lipinski definition) is 1. The molecule has 1 aliphatic heterocycles. The summed E-state index contributed by atoms with van der Waals surface area (Å²) in [6.45, 7) is 2.95. The largest absolute Gasteiger partial charge is 0.411 e. The Kier molecular flexibility index (Phi) is 7.29. The fourth-order valence-corrected chi connectivity index (χ4v) is 2.19. The van der Waals surface area contributed by atoms with Crippen molar-refractivity contribution in [2.75, 3.05) is 32.8 Å². The summed E-state index contributed by atoms with van der Waals surface area (Å²) < 4.78 is 40.0. The van der Waals surface area contributed by atoms with Gasteiger partial charge >= 0.3 is 6.18 Å². The van der Waals surface area contributed by atoms with Gasteiger partial charge in [-0.25, -0.2) is 0 Å². The molecule has 0 aliphatic carbocycles. The normalized spacial score (nSPS) is 17.5. The minimum Gasteiger partial charge on any atom is -0.372 e. The fraction of sp³-hybridized carbons (Fsp3) is 0.923. The number of nitrogens with one attached hydrogen (secondary N) is 1. The zero-order chi connectivity index (χ0) is 15.0. The second-order valence-corrected chi connectivity index (χ2v) is 5.03. The molecule has 0 aromatic heterocycles. The molecule has 1 rings (SSSR count). The average Bonchev–Trinajstić information content (AvgIpc) is 2.40. The highest BCUT2D eigenvalue weighted by molar-refractivity contribution is 5.76. The number of hydrogen-bond acceptors (Lipinski definition) is 3. The van der Waals surface area contributed by atoms with E-state index in [0.29, 0.717) is 19.1 Å². The first-order valence-electron chi connectivity index (χ1n) is 7.08. The van der Waals surface area contributed by atoms with Crippen molar-refractivity contribution < 1.29 is 22.7 Å². The van der Waals surface area contributed by atoms with Crippen LogP contribution in [0.1, 0.15) is 32.6 Å². The molecule has 4 nitrogen and oxygen atoms in total. The molecule has 1 heterocycles. The maximum absolute atomic E-state index is 11.9. The van der Waals surface area contributed by atoms with Crippen molar-refractivity contribution in [2.45, 2.75) is 44.8 Å². The van der Waals surface area contributed by atoms with E-state index in [-0.39, 0.29) is 18.9 Å². The van der Waals surface area contributed by atoms with Crippen molar-refractivity contribution in [3.63, 3.8) is 0 Å². The summed E-state index contributed by atoms with van der Waals surface area (Å²) in [4.78, 5) is 13.5. The highest BCUT2D eigenvalue weighted by Gasteiger charge is 2.28. The third kappa shape index (κ3) is 7.09. The van der Waals surface area contributed by atoms with Gasteiger partial charge in [0, 0.05) is 19.1 Å². The van der Waals surface area contributed by atoms with Crippen LogP contribution >= 0.6 is 0 Å². The van der Waals surface area contributed by atoms with Gasteiger partial charge in [-0.1, -0.05) is 6.92 Å². The molecule has 20 heavy (non-hydrogen) atoms. The second-order valence-electron chi connectivity index (χ2n) is 5.03. The quantitative estimate of drug-likeness (QED) is 0.730. The Balaban J connectivity index is 2.13. The Morgan fingerprint density at radius 1 is 1.35 bits per heavy atom. The van der Waals surface area contributed by atoms with Crippen LogP contribution in [0.15, 0.2) is 0 Å². The van der Waals surface area contributed by atoms with Crippen LogP contribution in [0.3, 0.4) is 0 Å². The molecule has 0 atom stereocenters. The van der Waals surface area contributed by atoms with Gasteiger partial charge in [0.1, 0.15) is 6.61 Å². The predicted molar refractivity (Wildman–Crippen MR) is 69.4 cm³/mol. The number of amides is 1. The van der Waals surface area contributed by atoms with Gasteiger partial charge < -0.3 is 15.0 Å². The molecule has 0 unspecified atom stereocenters. The van der Waals surface area contributed by atoms with E-state index >= 15 is 0 Å². The van der Waals surface area contributed by atoms with Crippen LogP contribution in [-0.4, -0.2) is 55.9 Å². The fourth-order valence-electron chi connectivity index (χ4n) is 2.19. The van der Waals surface area contributed by atoms with Crippen LogP contribution in [0.5, 0.6) is 0 Å². The Hall–Kier alpha value is -0.820. The van der Waals surface area contributed by atoms with Crippen molar-refractivity contribution in [3.8, 4) is 0 Å². The Bertz CT molecular complexity index is 290. The number of likely N-dealkylation sites (tertiary alicyclic amines) is 1. The predicted octanol–water partition coefficient (Wildman–Crippen LogP) is 1.95. The molecule has 0 aromatic rings. The van der Waals surface area contributed by atoms with E-state index in [1.807, 2.05) is 0 Å². The Morgan fingerprint density at radius 3 is 2.55 bits per heavy atom. The number of nitrogens with zero attached hydrogens (tertiary/aromatic N) is 1. The number of piperidine rings is 1. The SMILES string of the molecule is CCCNC1CCN(C(=O)CCOCC(F)(F)F)CC1.